The summed E-state index contributed by atoms with van der Waals surface area (Å²) in [5, 5.41) is 0. The number of hydrogen-bond donors (Lipinski definition) is 0. The second kappa shape index (κ2) is 6.98. The molecule has 0 aliphatic carbocycles. The van der Waals surface area contributed by atoms with Crippen LogP contribution in [0.25, 0.3) is 0 Å². The highest BCUT2D eigenvalue weighted by molar-refractivity contribution is 6.33. The van der Waals surface area contributed by atoms with Crippen molar-refractivity contribution in [1.82, 2.24) is 0 Å². The van der Waals surface area contributed by atoms with Crippen molar-refractivity contribution in [3.63, 3.8) is 0 Å². The number of esters is 2. The molecule has 86 valence electrons. The maximum atomic E-state index is 11.2. The van der Waals surface area contributed by atoms with E-state index in [2.05, 4.69) is 9.47 Å². The van der Waals surface area contributed by atoms with Crippen LogP contribution >= 0.6 is 0 Å². The molecule has 1 atom stereocenters. The van der Waals surface area contributed by atoms with E-state index in [1.54, 1.807) is 0 Å². The second-order valence-electron chi connectivity index (χ2n) is 3.13. The van der Waals surface area contributed by atoms with Crippen molar-refractivity contribution >= 4 is 17.7 Å². The normalized spacial score (nSPS) is 11.7. The highest BCUT2D eigenvalue weighted by Gasteiger charge is 2.25. The Hall–Kier alpha value is -1.39. The van der Waals surface area contributed by atoms with Crippen molar-refractivity contribution in [3.05, 3.63) is 0 Å². The van der Waals surface area contributed by atoms with Crippen LogP contribution in [-0.2, 0) is 23.9 Å². The summed E-state index contributed by atoms with van der Waals surface area (Å²) in [4.78, 5) is 33.3. The predicted octanol–water partition coefficient (Wildman–Crippen LogP) is 0.708. The quantitative estimate of drug-likeness (QED) is 0.483. The minimum atomic E-state index is -0.917. The summed E-state index contributed by atoms with van der Waals surface area (Å²) in [5.74, 6) is -2.62. The molecule has 0 saturated heterocycles. The summed E-state index contributed by atoms with van der Waals surface area (Å²) in [6, 6.07) is 0. The standard InChI is InChI=1S/C10H16O5/c1-4-5-7(9(12)14-2)6-8(11)10(13)15-3/h7H,4-6H2,1-3H3. The molecular weight excluding hydrogens is 200 g/mol. The Labute approximate surface area is 88.7 Å². The number of carbonyl (C=O) groups excluding carboxylic acids is 3. The van der Waals surface area contributed by atoms with Gasteiger partial charge < -0.3 is 9.47 Å². The highest BCUT2D eigenvalue weighted by Crippen LogP contribution is 2.13. The van der Waals surface area contributed by atoms with E-state index in [1.165, 1.54) is 7.11 Å². The molecule has 0 bridgehead atoms. The lowest BCUT2D eigenvalue weighted by atomic mass is 9.97. The van der Waals surface area contributed by atoms with Gasteiger partial charge in [0.2, 0.25) is 5.78 Å². The topological polar surface area (TPSA) is 69.7 Å². The Balaban J connectivity index is 4.34. The van der Waals surface area contributed by atoms with Gasteiger partial charge in [0, 0.05) is 6.42 Å². The number of carbonyl (C=O) groups is 3. The Bertz CT molecular complexity index is 246. The molecule has 0 fully saturated rings. The van der Waals surface area contributed by atoms with Crippen LogP contribution in [-0.4, -0.2) is 31.9 Å². The first-order chi connectivity index (χ1) is 7.06. The molecule has 5 nitrogen and oxygen atoms in total. The minimum Gasteiger partial charge on any atom is -0.469 e. The molecule has 0 spiro atoms. The number of methoxy groups -OCH3 is 2. The smallest absolute Gasteiger partial charge is 0.374 e. The Morgan fingerprint density at radius 1 is 1.13 bits per heavy atom. The molecule has 0 amide bonds. The van der Waals surface area contributed by atoms with E-state index in [1.807, 2.05) is 6.92 Å². The fourth-order valence-corrected chi connectivity index (χ4v) is 1.24. The van der Waals surface area contributed by atoms with Gasteiger partial charge in [-0.3, -0.25) is 9.59 Å². The molecule has 0 aromatic carbocycles. The van der Waals surface area contributed by atoms with E-state index < -0.39 is 23.6 Å². The number of Topliss-reactive ketones (excluding diaryl/α,β-unsaturated/α-hetero) is 1. The summed E-state index contributed by atoms with van der Waals surface area (Å²) in [6.07, 6.45) is 1.12. The summed E-state index contributed by atoms with van der Waals surface area (Å²) >= 11 is 0. The maximum Gasteiger partial charge on any atom is 0.374 e. The largest absolute Gasteiger partial charge is 0.469 e. The highest BCUT2D eigenvalue weighted by atomic mass is 16.5. The minimum absolute atomic E-state index is 0.146. The van der Waals surface area contributed by atoms with Crippen LogP contribution in [0.15, 0.2) is 0 Å². The summed E-state index contributed by atoms with van der Waals surface area (Å²) in [5.41, 5.74) is 0. The molecule has 0 N–H and O–H groups in total. The zero-order valence-electron chi connectivity index (χ0n) is 9.24. The van der Waals surface area contributed by atoms with Crippen LogP contribution in [0.5, 0.6) is 0 Å². The molecule has 0 rings (SSSR count). The van der Waals surface area contributed by atoms with Crippen molar-refractivity contribution in [2.24, 2.45) is 5.92 Å². The van der Waals surface area contributed by atoms with E-state index >= 15 is 0 Å². The average Bonchev–Trinajstić information content (AvgIpc) is 2.26. The Morgan fingerprint density at radius 3 is 2.13 bits per heavy atom. The van der Waals surface area contributed by atoms with Crippen LogP contribution in [0.1, 0.15) is 26.2 Å². The Kier molecular flexibility index (Phi) is 6.33. The number of hydrogen-bond acceptors (Lipinski definition) is 5. The first kappa shape index (κ1) is 13.6. The summed E-state index contributed by atoms with van der Waals surface area (Å²) in [6.45, 7) is 1.89. The lowest BCUT2D eigenvalue weighted by Gasteiger charge is -2.11. The van der Waals surface area contributed by atoms with Gasteiger partial charge in [0.05, 0.1) is 20.1 Å². The third-order valence-electron chi connectivity index (χ3n) is 2.02. The molecule has 0 heterocycles. The van der Waals surface area contributed by atoms with Gasteiger partial charge >= 0.3 is 11.9 Å². The average molecular weight is 216 g/mol. The molecular formula is C10H16O5. The predicted molar refractivity (Wildman–Crippen MR) is 52.1 cm³/mol. The van der Waals surface area contributed by atoms with Crippen molar-refractivity contribution in [2.75, 3.05) is 14.2 Å². The molecule has 0 aliphatic heterocycles. The van der Waals surface area contributed by atoms with Gasteiger partial charge in [-0.05, 0) is 6.42 Å². The van der Waals surface area contributed by atoms with Gasteiger partial charge in [-0.15, -0.1) is 0 Å². The molecule has 0 saturated carbocycles. The Morgan fingerprint density at radius 2 is 1.73 bits per heavy atom. The summed E-state index contributed by atoms with van der Waals surface area (Å²) in [7, 11) is 2.39. The fourth-order valence-electron chi connectivity index (χ4n) is 1.24. The van der Waals surface area contributed by atoms with E-state index in [9.17, 15) is 14.4 Å². The van der Waals surface area contributed by atoms with E-state index in [0.29, 0.717) is 6.42 Å². The fraction of sp³-hybridized carbons (Fsp3) is 0.700. The monoisotopic (exact) mass is 216 g/mol. The molecule has 1 unspecified atom stereocenters. The third kappa shape index (κ3) is 4.58. The van der Waals surface area contributed by atoms with E-state index in [-0.39, 0.29) is 6.42 Å². The molecule has 5 heteroatoms. The first-order valence-electron chi connectivity index (χ1n) is 4.75. The number of rotatable bonds is 6. The van der Waals surface area contributed by atoms with Crippen LogP contribution in [0.3, 0.4) is 0 Å². The van der Waals surface area contributed by atoms with Crippen molar-refractivity contribution < 1.29 is 23.9 Å². The lowest BCUT2D eigenvalue weighted by Crippen LogP contribution is -2.24. The maximum absolute atomic E-state index is 11.2. The van der Waals surface area contributed by atoms with Gasteiger partial charge in [-0.1, -0.05) is 13.3 Å². The van der Waals surface area contributed by atoms with Gasteiger partial charge in [0.1, 0.15) is 0 Å². The van der Waals surface area contributed by atoms with Gasteiger partial charge in [0.15, 0.2) is 0 Å². The van der Waals surface area contributed by atoms with E-state index in [4.69, 9.17) is 0 Å². The molecule has 0 aromatic rings. The van der Waals surface area contributed by atoms with E-state index in [0.717, 1.165) is 13.5 Å². The van der Waals surface area contributed by atoms with Crippen LogP contribution in [0.2, 0.25) is 0 Å². The van der Waals surface area contributed by atoms with Crippen LogP contribution in [0.4, 0.5) is 0 Å². The molecule has 15 heavy (non-hydrogen) atoms. The van der Waals surface area contributed by atoms with Gasteiger partial charge in [0.25, 0.3) is 0 Å². The zero-order valence-corrected chi connectivity index (χ0v) is 9.24. The van der Waals surface area contributed by atoms with Crippen molar-refractivity contribution in [1.29, 1.82) is 0 Å². The second-order valence-corrected chi connectivity index (χ2v) is 3.13. The number of ketones is 1. The SMILES string of the molecule is CCCC(CC(=O)C(=O)OC)C(=O)OC. The van der Waals surface area contributed by atoms with Gasteiger partial charge in [-0.25, -0.2) is 4.79 Å². The van der Waals surface area contributed by atoms with Crippen molar-refractivity contribution in [2.45, 2.75) is 26.2 Å². The first-order valence-corrected chi connectivity index (χ1v) is 4.75. The summed E-state index contributed by atoms with van der Waals surface area (Å²) < 4.78 is 8.80. The molecule has 0 aliphatic rings. The van der Waals surface area contributed by atoms with Crippen molar-refractivity contribution in [3.8, 4) is 0 Å². The number of ether oxygens (including phenoxy) is 2. The molecule has 0 radical (unpaired) electrons. The van der Waals surface area contributed by atoms with Crippen LogP contribution in [0, 0.1) is 5.92 Å². The third-order valence-corrected chi connectivity index (χ3v) is 2.02. The lowest BCUT2D eigenvalue weighted by molar-refractivity contribution is -0.154. The van der Waals surface area contributed by atoms with Crippen LogP contribution < -0.4 is 0 Å². The molecule has 0 aromatic heterocycles. The van der Waals surface area contributed by atoms with Gasteiger partial charge in [-0.2, -0.15) is 0 Å². The zero-order chi connectivity index (χ0) is 11.8.